The lowest BCUT2D eigenvalue weighted by atomic mass is 10.1. The van der Waals surface area contributed by atoms with Crippen molar-refractivity contribution in [3.8, 4) is 5.75 Å². The third kappa shape index (κ3) is 3.57. The van der Waals surface area contributed by atoms with Gasteiger partial charge < -0.3 is 15.0 Å². The van der Waals surface area contributed by atoms with Crippen molar-refractivity contribution in [3.63, 3.8) is 0 Å². The number of carbonyl (C=O) groups is 1. The molecule has 2 N–H and O–H groups in total. The zero-order chi connectivity index (χ0) is 14.5. The van der Waals surface area contributed by atoms with Crippen molar-refractivity contribution in [3.05, 3.63) is 47.8 Å². The van der Waals surface area contributed by atoms with Gasteiger partial charge in [0.2, 0.25) is 0 Å². The van der Waals surface area contributed by atoms with Crippen molar-refractivity contribution < 1.29 is 13.9 Å². The topological polar surface area (TPSA) is 67.0 Å². The first kappa shape index (κ1) is 14.0. The van der Waals surface area contributed by atoms with Crippen molar-refractivity contribution >= 4 is 5.91 Å². The van der Waals surface area contributed by atoms with E-state index in [1.807, 2.05) is 6.92 Å². The molecule has 0 aliphatic heterocycles. The predicted molar refractivity (Wildman–Crippen MR) is 72.2 cm³/mol. The van der Waals surface area contributed by atoms with Crippen LogP contribution in [0.25, 0.3) is 0 Å². The van der Waals surface area contributed by atoms with E-state index in [0.717, 1.165) is 5.56 Å². The summed E-state index contributed by atoms with van der Waals surface area (Å²) in [5, 5.41) is 2.81. The molecule has 6 heteroatoms. The van der Waals surface area contributed by atoms with Gasteiger partial charge in [0.1, 0.15) is 17.3 Å². The average molecular weight is 277 g/mol. The quantitative estimate of drug-likeness (QED) is 0.877. The number of rotatable bonds is 5. The lowest BCUT2D eigenvalue weighted by Crippen LogP contribution is -2.34. The Kier molecular flexibility index (Phi) is 4.34. The maximum Gasteiger partial charge on any atom is 0.269 e. The molecular formula is C14H16FN3O2. The first-order chi connectivity index (χ1) is 9.58. The van der Waals surface area contributed by atoms with Crippen molar-refractivity contribution in [1.82, 2.24) is 15.3 Å². The fourth-order valence-corrected chi connectivity index (χ4v) is 1.94. The predicted octanol–water partition coefficient (Wildman–Crippen LogP) is 1.92. The first-order valence-electron chi connectivity index (χ1n) is 6.21. The molecule has 0 aliphatic rings. The molecule has 106 valence electrons. The zero-order valence-electron chi connectivity index (χ0n) is 11.3. The number of aromatic nitrogens is 2. The summed E-state index contributed by atoms with van der Waals surface area (Å²) in [7, 11) is 1.49. The molecule has 0 aliphatic carbocycles. The number of benzene rings is 1. The van der Waals surface area contributed by atoms with Gasteiger partial charge in [0.25, 0.3) is 5.91 Å². The van der Waals surface area contributed by atoms with Crippen LogP contribution in [0.15, 0.2) is 30.7 Å². The average Bonchev–Trinajstić information content (AvgIpc) is 2.91. The van der Waals surface area contributed by atoms with E-state index in [-0.39, 0.29) is 17.8 Å². The van der Waals surface area contributed by atoms with Gasteiger partial charge in [0.05, 0.1) is 19.6 Å². The van der Waals surface area contributed by atoms with Crippen molar-refractivity contribution in [2.45, 2.75) is 19.4 Å². The highest BCUT2D eigenvalue weighted by molar-refractivity contribution is 5.92. The van der Waals surface area contributed by atoms with Gasteiger partial charge in [-0.05, 0) is 31.0 Å². The second-order valence-electron chi connectivity index (χ2n) is 4.54. The summed E-state index contributed by atoms with van der Waals surface area (Å²) in [6.07, 6.45) is 3.40. The zero-order valence-corrected chi connectivity index (χ0v) is 11.3. The van der Waals surface area contributed by atoms with Crippen LogP contribution in [-0.2, 0) is 6.42 Å². The van der Waals surface area contributed by atoms with E-state index in [1.165, 1.54) is 31.8 Å². The molecule has 0 fully saturated rings. The Bertz CT molecular complexity index is 584. The Balaban J connectivity index is 1.99. The van der Waals surface area contributed by atoms with E-state index in [9.17, 15) is 9.18 Å². The van der Waals surface area contributed by atoms with Gasteiger partial charge in [-0.2, -0.15) is 0 Å². The number of amides is 1. The summed E-state index contributed by atoms with van der Waals surface area (Å²) in [6, 6.07) is 4.36. The number of nitrogens with zero attached hydrogens (tertiary/aromatic N) is 1. The van der Waals surface area contributed by atoms with Gasteiger partial charge in [-0.15, -0.1) is 0 Å². The van der Waals surface area contributed by atoms with E-state index >= 15 is 0 Å². The Labute approximate surface area is 116 Å². The van der Waals surface area contributed by atoms with E-state index in [4.69, 9.17) is 4.74 Å². The summed E-state index contributed by atoms with van der Waals surface area (Å²) >= 11 is 0. The van der Waals surface area contributed by atoms with Crippen LogP contribution >= 0.6 is 0 Å². The Morgan fingerprint density at radius 1 is 1.50 bits per heavy atom. The molecule has 0 saturated carbocycles. The van der Waals surface area contributed by atoms with Crippen LogP contribution in [0.4, 0.5) is 4.39 Å². The molecule has 5 nitrogen and oxygen atoms in total. The summed E-state index contributed by atoms with van der Waals surface area (Å²) in [4.78, 5) is 18.3. The summed E-state index contributed by atoms with van der Waals surface area (Å²) in [5.74, 6) is -0.128. The van der Waals surface area contributed by atoms with E-state index in [1.54, 1.807) is 6.07 Å². The number of H-pyrrole nitrogens is 1. The molecular weight excluding hydrogens is 261 g/mol. The highest BCUT2D eigenvalue weighted by Crippen LogP contribution is 2.17. The Morgan fingerprint density at radius 3 is 2.95 bits per heavy atom. The van der Waals surface area contributed by atoms with Gasteiger partial charge in [-0.3, -0.25) is 4.79 Å². The van der Waals surface area contributed by atoms with Crippen LogP contribution in [0.3, 0.4) is 0 Å². The molecule has 20 heavy (non-hydrogen) atoms. The number of ether oxygens (including phenoxy) is 1. The smallest absolute Gasteiger partial charge is 0.269 e. The fourth-order valence-electron chi connectivity index (χ4n) is 1.94. The SMILES string of the molecule is COc1cc(F)cc(CC(C)NC(=O)c2cnc[nH]2)c1. The largest absolute Gasteiger partial charge is 0.497 e. The van der Waals surface area contributed by atoms with Crippen LogP contribution in [-0.4, -0.2) is 29.0 Å². The van der Waals surface area contributed by atoms with Crippen LogP contribution in [0, 0.1) is 5.82 Å². The number of carbonyl (C=O) groups excluding carboxylic acids is 1. The number of nitrogens with one attached hydrogen (secondary N) is 2. The third-order valence-corrected chi connectivity index (χ3v) is 2.83. The van der Waals surface area contributed by atoms with Crippen LogP contribution in [0.1, 0.15) is 23.0 Å². The maximum atomic E-state index is 13.4. The van der Waals surface area contributed by atoms with Gasteiger partial charge in [-0.1, -0.05) is 0 Å². The number of aromatic amines is 1. The Hall–Kier alpha value is -2.37. The standard InChI is InChI=1S/C14H16FN3O2/c1-9(18-14(19)13-7-16-8-17-13)3-10-4-11(15)6-12(5-10)20-2/h4-9H,3H2,1-2H3,(H,16,17)(H,18,19). The van der Waals surface area contributed by atoms with E-state index in [2.05, 4.69) is 15.3 Å². The molecule has 1 heterocycles. The molecule has 0 spiro atoms. The van der Waals surface area contributed by atoms with Gasteiger partial charge >= 0.3 is 0 Å². The van der Waals surface area contributed by atoms with Crippen LogP contribution in [0.5, 0.6) is 5.75 Å². The molecule has 0 saturated heterocycles. The number of methoxy groups -OCH3 is 1. The molecule has 1 atom stereocenters. The summed E-state index contributed by atoms with van der Waals surface area (Å²) in [6.45, 7) is 1.85. The molecule has 1 aromatic heterocycles. The highest BCUT2D eigenvalue weighted by Gasteiger charge is 2.12. The molecule has 0 radical (unpaired) electrons. The first-order valence-corrected chi connectivity index (χ1v) is 6.21. The molecule has 2 aromatic rings. The van der Waals surface area contributed by atoms with Crippen LogP contribution in [0.2, 0.25) is 0 Å². The number of halogens is 1. The van der Waals surface area contributed by atoms with Gasteiger partial charge in [0, 0.05) is 12.1 Å². The lowest BCUT2D eigenvalue weighted by molar-refractivity contribution is 0.0935. The monoisotopic (exact) mass is 277 g/mol. The second-order valence-corrected chi connectivity index (χ2v) is 4.54. The number of hydrogen-bond acceptors (Lipinski definition) is 3. The molecule has 1 unspecified atom stereocenters. The molecule has 1 aromatic carbocycles. The minimum atomic E-state index is -0.355. The van der Waals surface area contributed by atoms with Crippen LogP contribution < -0.4 is 10.1 Å². The molecule has 2 rings (SSSR count). The second kappa shape index (κ2) is 6.18. The summed E-state index contributed by atoms with van der Waals surface area (Å²) < 4.78 is 18.4. The van der Waals surface area contributed by atoms with Gasteiger partial charge in [-0.25, -0.2) is 9.37 Å². The van der Waals surface area contributed by atoms with E-state index in [0.29, 0.717) is 17.9 Å². The fraction of sp³-hybridized carbons (Fsp3) is 0.286. The maximum absolute atomic E-state index is 13.4. The summed E-state index contributed by atoms with van der Waals surface area (Å²) in [5.41, 5.74) is 1.16. The minimum absolute atomic E-state index is 0.141. The van der Waals surface area contributed by atoms with Crippen molar-refractivity contribution in [2.24, 2.45) is 0 Å². The minimum Gasteiger partial charge on any atom is -0.497 e. The molecule has 1 amide bonds. The Morgan fingerprint density at radius 2 is 2.30 bits per heavy atom. The normalized spacial score (nSPS) is 11.9. The number of imidazole rings is 1. The van der Waals surface area contributed by atoms with Crippen molar-refractivity contribution in [2.75, 3.05) is 7.11 Å². The molecule has 0 bridgehead atoms. The van der Waals surface area contributed by atoms with E-state index < -0.39 is 0 Å². The van der Waals surface area contributed by atoms with Crippen molar-refractivity contribution in [1.29, 1.82) is 0 Å². The van der Waals surface area contributed by atoms with Gasteiger partial charge in [0.15, 0.2) is 0 Å². The highest BCUT2D eigenvalue weighted by atomic mass is 19.1. The third-order valence-electron chi connectivity index (χ3n) is 2.83. The number of hydrogen-bond donors (Lipinski definition) is 2. The lowest BCUT2D eigenvalue weighted by Gasteiger charge is -2.14.